The highest BCUT2D eigenvalue weighted by Crippen LogP contribution is 2.21. The van der Waals surface area contributed by atoms with Gasteiger partial charge in [-0.1, -0.05) is 42.5 Å². The number of anilines is 1. The number of aromatic amines is 1. The lowest BCUT2D eigenvalue weighted by Crippen LogP contribution is -2.28. The summed E-state index contributed by atoms with van der Waals surface area (Å²) >= 11 is 1.14. The maximum atomic E-state index is 12.9. The van der Waals surface area contributed by atoms with Crippen LogP contribution in [0.15, 0.2) is 82.4 Å². The van der Waals surface area contributed by atoms with Crippen molar-refractivity contribution >= 4 is 33.0 Å². The Kier molecular flexibility index (Phi) is 6.90. The van der Waals surface area contributed by atoms with Crippen molar-refractivity contribution in [2.24, 2.45) is 0 Å². The normalized spacial score (nSPS) is 11.3. The van der Waals surface area contributed by atoms with Crippen molar-refractivity contribution in [3.05, 3.63) is 89.4 Å². The zero-order valence-corrected chi connectivity index (χ0v) is 19.7. The molecule has 2 heterocycles. The lowest BCUT2D eigenvalue weighted by atomic mass is 10.1. The van der Waals surface area contributed by atoms with Gasteiger partial charge in [0.2, 0.25) is 0 Å². The molecule has 0 bridgehead atoms. The smallest absolute Gasteiger partial charge is 0.271 e. The summed E-state index contributed by atoms with van der Waals surface area (Å²) in [5, 5.41) is 9.13. The molecule has 170 valence electrons. The Hall–Kier alpha value is -3.43. The van der Waals surface area contributed by atoms with Crippen LogP contribution in [0, 0.1) is 0 Å². The van der Waals surface area contributed by atoms with Crippen molar-refractivity contribution in [2.45, 2.75) is 17.1 Å². The SMILES string of the molecule is CN(CCCc1cc(-c2ccccc2)n[nH]1)C(=O)c1cccc(NS(=O)(=O)c2cccs2)c1. The molecule has 1 amide bonds. The second-order valence-electron chi connectivity index (χ2n) is 7.59. The summed E-state index contributed by atoms with van der Waals surface area (Å²) in [5.41, 5.74) is 3.75. The molecule has 0 spiro atoms. The Balaban J connectivity index is 1.33. The largest absolute Gasteiger partial charge is 0.342 e. The summed E-state index contributed by atoms with van der Waals surface area (Å²) in [4.78, 5) is 14.5. The highest BCUT2D eigenvalue weighted by atomic mass is 32.2. The second kappa shape index (κ2) is 10.0. The predicted octanol–water partition coefficient (Wildman–Crippen LogP) is 4.64. The first kappa shape index (κ1) is 22.8. The number of carbonyl (C=O) groups excluding carboxylic acids is 1. The highest BCUT2D eigenvalue weighted by molar-refractivity contribution is 7.94. The minimum Gasteiger partial charge on any atom is -0.342 e. The number of thiophene rings is 1. The van der Waals surface area contributed by atoms with E-state index in [2.05, 4.69) is 14.9 Å². The fourth-order valence-electron chi connectivity index (χ4n) is 3.41. The number of nitrogens with one attached hydrogen (secondary N) is 2. The Bertz CT molecular complexity index is 1320. The number of sulfonamides is 1. The summed E-state index contributed by atoms with van der Waals surface area (Å²) in [6.07, 6.45) is 1.53. The van der Waals surface area contributed by atoms with Crippen LogP contribution in [-0.2, 0) is 16.4 Å². The van der Waals surface area contributed by atoms with E-state index in [1.165, 1.54) is 6.07 Å². The van der Waals surface area contributed by atoms with Crippen LogP contribution in [-0.4, -0.2) is 43.0 Å². The Morgan fingerprint density at radius 2 is 1.88 bits per heavy atom. The molecule has 0 radical (unpaired) electrons. The van der Waals surface area contributed by atoms with Gasteiger partial charge in [-0.2, -0.15) is 5.10 Å². The van der Waals surface area contributed by atoms with Crippen molar-refractivity contribution in [2.75, 3.05) is 18.3 Å². The standard InChI is InChI=1S/C24H24N4O3S2/c1-28(14-6-12-20-17-22(26-25-20)18-8-3-2-4-9-18)24(29)19-10-5-11-21(16-19)27-33(30,31)23-13-7-15-32-23/h2-5,7-11,13,15-17,27H,6,12,14H2,1H3,(H,25,26). The summed E-state index contributed by atoms with van der Waals surface area (Å²) in [6.45, 7) is 0.559. The van der Waals surface area contributed by atoms with Gasteiger partial charge in [-0.25, -0.2) is 8.42 Å². The van der Waals surface area contributed by atoms with Crippen LogP contribution in [0.5, 0.6) is 0 Å². The molecule has 4 rings (SSSR count). The van der Waals surface area contributed by atoms with Crippen LogP contribution in [0.3, 0.4) is 0 Å². The average Bonchev–Trinajstić information content (AvgIpc) is 3.52. The average molecular weight is 481 g/mol. The van der Waals surface area contributed by atoms with E-state index in [9.17, 15) is 13.2 Å². The Labute approximate surface area is 197 Å². The third-order valence-corrected chi connectivity index (χ3v) is 7.89. The molecular formula is C24H24N4O3S2. The van der Waals surface area contributed by atoms with Crippen molar-refractivity contribution in [3.63, 3.8) is 0 Å². The van der Waals surface area contributed by atoms with Gasteiger partial charge >= 0.3 is 0 Å². The number of benzene rings is 2. The maximum absolute atomic E-state index is 12.9. The number of carbonyl (C=O) groups is 1. The van der Waals surface area contributed by atoms with Crippen LogP contribution in [0.4, 0.5) is 5.69 Å². The molecule has 2 aromatic heterocycles. The summed E-state index contributed by atoms with van der Waals surface area (Å²) in [7, 11) is -1.92. The summed E-state index contributed by atoms with van der Waals surface area (Å²) < 4.78 is 27.6. The molecule has 0 saturated carbocycles. The van der Waals surface area contributed by atoms with Crippen LogP contribution in [0.25, 0.3) is 11.3 Å². The Morgan fingerprint density at radius 3 is 2.64 bits per heavy atom. The number of hydrogen-bond donors (Lipinski definition) is 2. The van der Waals surface area contributed by atoms with Gasteiger partial charge < -0.3 is 4.90 Å². The van der Waals surface area contributed by atoms with E-state index in [0.717, 1.165) is 41.1 Å². The second-order valence-corrected chi connectivity index (χ2v) is 10.5. The lowest BCUT2D eigenvalue weighted by molar-refractivity contribution is 0.0793. The molecule has 2 N–H and O–H groups in total. The molecule has 4 aromatic rings. The van der Waals surface area contributed by atoms with Gasteiger partial charge in [0.15, 0.2) is 0 Å². The molecular weight excluding hydrogens is 456 g/mol. The highest BCUT2D eigenvalue weighted by Gasteiger charge is 2.17. The van der Waals surface area contributed by atoms with Crippen molar-refractivity contribution in [1.82, 2.24) is 15.1 Å². The first-order chi connectivity index (χ1) is 15.9. The topological polar surface area (TPSA) is 95.2 Å². The number of aromatic nitrogens is 2. The molecule has 9 heteroatoms. The minimum atomic E-state index is -3.66. The van der Waals surface area contributed by atoms with Gasteiger partial charge in [0.25, 0.3) is 15.9 Å². The molecule has 0 unspecified atom stereocenters. The number of aryl methyl sites for hydroxylation is 1. The van der Waals surface area contributed by atoms with Gasteiger partial charge in [0.1, 0.15) is 4.21 Å². The zero-order chi connectivity index (χ0) is 23.3. The number of rotatable bonds is 9. The molecule has 33 heavy (non-hydrogen) atoms. The molecule has 0 aliphatic rings. The third kappa shape index (κ3) is 5.68. The number of hydrogen-bond acceptors (Lipinski definition) is 5. The van der Waals surface area contributed by atoms with Crippen molar-refractivity contribution in [3.8, 4) is 11.3 Å². The summed E-state index contributed by atoms with van der Waals surface area (Å²) in [6, 6.07) is 21.7. The fraction of sp³-hybridized carbons (Fsp3) is 0.167. The Morgan fingerprint density at radius 1 is 1.06 bits per heavy atom. The zero-order valence-electron chi connectivity index (χ0n) is 18.1. The van der Waals surface area contributed by atoms with Crippen LogP contribution < -0.4 is 4.72 Å². The molecule has 0 aliphatic heterocycles. The number of H-pyrrole nitrogens is 1. The predicted molar refractivity (Wildman–Crippen MR) is 131 cm³/mol. The number of nitrogens with zero attached hydrogens (tertiary/aromatic N) is 2. The first-order valence-corrected chi connectivity index (χ1v) is 12.8. The van der Waals surface area contributed by atoms with E-state index >= 15 is 0 Å². The first-order valence-electron chi connectivity index (χ1n) is 10.4. The molecule has 7 nitrogen and oxygen atoms in total. The molecule has 0 fully saturated rings. The summed E-state index contributed by atoms with van der Waals surface area (Å²) in [5.74, 6) is -0.165. The van der Waals surface area contributed by atoms with E-state index < -0.39 is 10.0 Å². The van der Waals surface area contributed by atoms with E-state index in [-0.39, 0.29) is 10.1 Å². The van der Waals surface area contributed by atoms with Gasteiger partial charge in [-0.3, -0.25) is 14.6 Å². The van der Waals surface area contributed by atoms with E-state index in [1.807, 2.05) is 36.4 Å². The molecule has 0 aliphatic carbocycles. The van der Waals surface area contributed by atoms with Gasteiger partial charge in [-0.15, -0.1) is 11.3 Å². The minimum absolute atomic E-state index is 0.165. The maximum Gasteiger partial charge on any atom is 0.271 e. The molecule has 0 saturated heterocycles. The molecule has 0 atom stereocenters. The lowest BCUT2D eigenvalue weighted by Gasteiger charge is -2.17. The van der Waals surface area contributed by atoms with Crippen LogP contribution >= 0.6 is 11.3 Å². The van der Waals surface area contributed by atoms with Crippen LogP contribution in [0.2, 0.25) is 0 Å². The van der Waals surface area contributed by atoms with E-state index in [4.69, 9.17) is 0 Å². The van der Waals surface area contributed by atoms with E-state index in [1.54, 1.807) is 47.7 Å². The van der Waals surface area contributed by atoms with Crippen molar-refractivity contribution in [1.29, 1.82) is 0 Å². The van der Waals surface area contributed by atoms with Gasteiger partial charge in [0.05, 0.1) is 5.69 Å². The van der Waals surface area contributed by atoms with E-state index in [0.29, 0.717) is 17.8 Å². The number of amides is 1. The third-order valence-electron chi connectivity index (χ3n) is 5.11. The van der Waals surface area contributed by atoms with Gasteiger partial charge in [-0.05, 0) is 48.6 Å². The van der Waals surface area contributed by atoms with Gasteiger partial charge in [0, 0.05) is 36.1 Å². The molecule has 2 aromatic carbocycles. The fourth-order valence-corrected chi connectivity index (χ4v) is 5.46. The monoisotopic (exact) mass is 480 g/mol. The van der Waals surface area contributed by atoms with Crippen molar-refractivity contribution < 1.29 is 13.2 Å². The quantitative estimate of drug-likeness (QED) is 0.365. The van der Waals surface area contributed by atoms with Crippen LogP contribution in [0.1, 0.15) is 22.5 Å².